The minimum absolute atomic E-state index is 0.230. The van der Waals surface area contributed by atoms with Gasteiger partial charge in [-0.05, 0) is 32.1 Å². The van der Waals surface area contributed by atoms with Gasteiger partial charge in [-0.2, -0.15) is 0 Å². The van der Waals surface area contributed by atoms with Crippen molar-refractivity contribution < 1.29 is 10.2 Å². The van der Waals surface area contributed by atoms with Crippen LogP contribution in [-0.2, 0) is 0 Å². The van der Waals surface area contributed by atoms with Crippen molar-refractivity contribution in [2.24, 2.45) is 5.92 Å². The van der Waals surface area contributed by atoms with Crippen molar-refractivity contribution in [3.05, 3.63) is 0 Å². The summed E-state index contributed by atoms with van der Waals surface area (Å²) in [6.07, 6.45) is 2.48. The lowest BCUT2D eigenvalue weighted by atomic mass is 9.87. The smallest absolute Gasteiger partial charge is 0.0642 e. The highest BCUT2D eigenvalue weighted by atomic mass is 16.3. The average Bonchev–Trinajstić information content (AvgIpc) is 1.88. The first-order valence-corrected chi connectivity index (χ1v) is 4.34. The molecule has 0 heterocycles. The van der Waals surface area contributed by atoms with Crippen molar-refractivity contribution >= 4 is 0 Å². The molecular formula is C9H20O2. The Balaban J connectivity index is 3.55. The zero-order valence-corrected chi connectivity index (χ0v) is 7.80. The van der Waals surface area contributed by atoms with Crippen LogP contribution in [0.5, 0.6) is 0 Å². The molecule has 0 aliphatic heterocycles. The van der Waals surface area contributed by atoms with E-state index in [1.54, 1.807) is 0 Å². The number of hydrogen-bond acceptors (Lipinski definition) is 2. The predicted octanol–water partition coefficient (Wildman–Crippen LogP) is 1.56. The van der Waals surface area contributed by atoms with Gasteiger partial charge in [-0.25, -0.2) is 0 Å². The van der Waals surface area contributed by atoms with Crippen molar-refractivity contribution in [1.82, 2.24) is 0 Å². The fourth-order valence-electron chi connectivity index (χ4n) is 0.883. The first-order chi connectivity index (χ1) is 5.00. The van der Waals surface area contributed by atoms with Gasteiger partial charge < -0.3 is 10.2 Å². The molecule has 0 radical (unpaired) electrons. The first kappa shape index (κ1) is 10.9. The van der Waals surface area contributed by atoms with Gasteiger partial charge >= 0.3 is 0 Å². The molecular weight excluding hydrogens is 140 g/mol. The molecule has 0 spiro atoms. The Morgan fingerprint density at radius 1 is 1.27 bits per heavy atom. The minimum atomic E-state index is -0.560. The van der Waals surface area contributed by atoms with Crippen LogP contribution in [0.15, 0.2) is 0 Å². The topological polar surface area (TPSA) is 40.5 Å². The van der Waals surface area contributed by atoms with E-state index in [0.29, 0.717) is 5.92 Å². The third-order valence-corrected chi connectivity index (χ3v) is 2.33. The molecule has 0 aliphatic carbocycles. The summed E-state index contributed by atoms with van der Waals surface area (Å²) in [5.41, 5.74) is -0.560. The minimum Gasteiger partial charge on any atom is -0.396 e. The normalized spacial score (nSPS) is 16.9. The largest absolute Gasteiger partial charge is 0.396 e. The molecule has 2 N–H and O–H groups in total. The molecule has 68 valence electrons. The van der Waals surface area contributed by atoms with E-state index in [9.17, 15) is 5.11 Å². The second-order valence-corrected chi connectivity index (χ2v) is 3.69. The Labute approximate surface area is 69.2 Å². The van der Waals surface area contributed by atoms with E-state index in [4.69, 9.17) is 5.11 Å². The molecule has 11 heavy (non-hydrogen) atoms. The molecule has 2 nitrogen and oxygen atoms in total. The molecule has 1 atom stereocenters. The summed E-state index contributed by atoms with van der Waals surface area (Å²) in [6.45, 7) is 6.11. The lowest BCUT2D eigenvalue weighted by Gasteiger charge is -2.27. The van der Waals surface area contributed by atoms with Crippen molar-refractivity contribution in [1.29, 1.82) is 0 Å². The maximum Gasteiger partial charge on any atom is 0.0642 e. The Morgan fingerprint density at radius 2 is 1.82 bits per heavy atom. The fraction of sp³-hybridized carbons (Fsp3) is 1.00. The molecule has 0 bridgehead atoms. The van der Waals surface area contributed by atoms with Crippen molar-refractivity contribution in [2.75, 3.05) is 6.61 Å². The van der Waals surface area contributed by atoms with E-state index in [0.717, 1.165) is 19.3 Å². The van der Waals surface area contributed by atoms with Crippen molar-refractivity contribution in [2.45, 2.75) is 45.6 Å². The zero-order chi connectivity index (χ0) is 8.91. The van der Waals surface area contributed by atoms with Gasteiger partial charge in [-0.15, -0.1) is 0 Å². The van der Waals surface area contributed by atoms with Gasteiger partial charge in [0.25, 0.3) is 0 Å². The van der Waals surface area contributed by atoms with Crippen molar-refractivity contribution in [3.63, 3.8) is 0 Å². The van der Waals surface area contributed by atoms with E-state index in [1.807, 2.05) is 20.8 Å². The highest BCUT2D eigenvalue weighted by molar-refractivity contribution is 4.75. The number of aliphatic hydroxyl groups excluding tert-OH is 1. The van der Waals surface area contributed by atoms with Crippen LogP contribution in [-0.4, -0.2) is 22.4 Å². The summed E-state index contributed by atoms with van der Waals surface area (Å²) in [4.78, 5) is 0. The number of rotatable bonds is 5. The number of aliphatic hydroxyl groups is 2. The average molecular weight is 160 g/mol. The molecule has 0 aromatic rings. The fourth-order valence-corrected chi connectivity index (χ4v) is 0.883. The van der Waals surface area contributed by atoms with Crippen LogP contribution in [0.1, 0.15) is 40.0 Å². The number of hydrogen-bond donors (Lipinski definition) is 2. The first-order valence-electron chi connectivity index (χ1n) is 4.34. The maximum absolute atomic E-state index is 9.74. The quantitative estimate of drug-likeness (QED) is 0.599. The van der Waals surface area contributed by atoms with E-state index >= 15 is 0 Å². The van der Waals surface area contributed by atoms with Crippen LogP contribution >= 0.6 is 0 Å². The number of unbranched alkanes of at least 4 members (excludes halogenated alkanes) is 1. The molecule has 1 unspecified atom stereocenters. The summed E-state index contributed by atoms with van der Waals surface area (Å²) in [7, 11) is 0. The van der Waals surface area contributed by atoms with E-state index < -0.39 is 5.60 Å². The van der Waals surface area contributed by atoms with Gasteiger partial charge in [-0.3, -0.25) is 0 Å². The molecule has 2 heteroatoms. The van der Waals surface area contributed by atoms with Crippen LogP contribution in [0, 0.1) is 5.92 Å². The van der Waals surface area contributed by atoms with Crippen LogP contribution in [0.25, 0.3) is 0 Å². The van der Waals surface area contributed by atoms with Gasteiger partial charge in [0, 0.05) is 6.61 Å². The molecule has 0 saturated carbocycles. The van der Waals surface area contributed by atoms with Crippen molar-refractivity contribution in [3.8, 4) is 0 Å². The third-order valence-electron chi connectivity index (χ3n) is 2.33. The molecule has 0 aromatic heterocycles. The monoisotopic (exact) mass is 160 g/mol. The summed E-state index contributed by atoms with van der Waals surface area (Å²) in [5.74, 6) is 0.293. The van der Waals surface area contributed by atoms with Gasteiger partial charge in [0.15, 0.2) is 0 Å². The third kappa shape index (κ3) is 4.38. The molecule has 0 aliphatic rings. The Bertz CT molecular complexity index is 97.7. The standard InChI is InChI=1S/C9H20O2/c1-8(2)9(3,11)6-4-5-7-10/h8,10-11H,4-7H2,1-3H3. The molecule has 0 aromatic carbocycles. The van der Waals surface area contributed by atoms with Gasteiger partial charge in [0.2, 0.25) is 0 Å². The molecule has 0 fully saturated rings. The molecule has 0 rings (SSSR count). The van der Waals surface area contributed by atoms with Crippen LogP contribution < -0.4 is 0 Å². The SMILES string of the molecule is CC(C)C(C)(O)CCCCO. The predicted molar refractivity (Wildman–Crippen MR) is 46.4 cm³/mol. The van der Waals surface area contributed by atoms with Gasteiger partial charge in [-0.1, -0.05) is 13.8 Å². The summed E-state index contributed by atoms with van der Waals surface area (Å²) < 4.78 is 0. The lowest BCUT2D eigenvalue weighted by molar-refractivity contribution is 0.00236. The second-order valence-electron chi connectivity index (χ2n) is 3.69. The summed E-state index contributed by atoms with van der Waals surface area (Å²) >= 11 is 0. The van der Waals surface area contributed by atoms with Crippen LogP contribution in [0.2, 0.25) is 0 Å². The maximum atomic E-state index is 9.74. The second kappa shape index (κ2) is 4.73. The van der Waals surface area contributed by atoms with Gasteiger partial charge in [0.1, 0.15) is 0 Å². The summed E-state index contributed by atoms with van der Waals surface area (Å²) in [5, 5.41) is 18.3. The van der Waals surface area contributed by atoms with Crippen LogP contribution in [0.4, 0.5) is 0 Å². The summed E-state index contributed by atoms with van der Waals surface area (Å²) in [6, 6.07) is 0. The highest BCUT2D eigenvalue weighted by Gasteiger charge is 2.23. The Morgan fingerprint density at radius 3 is 2.18 bits per heavy atom. The highest BCUT2D eigenvalue weighted by Crippen LogP contribution is 2.22. The molecule has 0 amide bonds. The van der Waals surface area contributed by atoms with E-state index in [1.165, 1.54) is 0 Å². The lowest BCUT2D eigenvalue weighted by Crippen LogP contribution is -2.30. The van der Waals surface area contributed by atoms with Gasteiger partial charge in [0.05, 0.1) is 5.60 Å². The zero-order valence-electron chi connectivity index (χ0n) is 7.80. The Hall–Kier alpha value is -0.0800. The van der Waals surface area contributed by atoms with E-state index in [-0.39, 0.29) is 6.61 Å². The molecule has 0 saturated heterocycles. The van der Waals surface area contributed by atoms with E-state index in [2.05, 4.69) is 0 Å². The Kier molecular flexibility index (Phi) is 4.69. The van der Waals surface area contributed by atoms with Crippen LogP contribution in [0.3, 0.4) is 0 Å².